The number of nitrogens with zero attached hydrogens (tertiary/aromatic N) is 3. The molecule has 0 fully saturated rings. The van der Waals surface area contributed by atoms with Crippen molar-refractivity contribution in [3.05, 3.63) is 114 Å². The van der Waals surface area contributed by atoms with E-state index >= 15 is 0 Å². The number of allylic oxidation sites excluding steroid dienone is 1. The van der Waals surface area contributed by atoms with Crippen molar-refractivity contribution < 1.29 is 19.2 Å². The molecule has 0 aromatic heterocycles. The first-order valence-corrected chi connectivity index (χ1v) is 9.94. The topological polar surface area (TPSA) is 97.3 Å². The number of fused-ring (bicyclic) bond motifs is 1. The molecule has 3 N–H and O–H groups in total. The summed E-state index contributed by atoms with van der Waals surface area (Å²) in [5.74, 6) is 7.80. The minimum atomic E-state index is -1.00. The summed E-state index contributed by atoms with van der Waals surface area (Å²) in [6.07, 6.45) is 5.03. The Bertz CT molecular complexity index is 1320. The molecule has 0 amide bonds. The molecule has 0 radical (unpaired) electrons. The number of carboxylic acid groups (broad SMARTS) is 1. The van der Waals surface area contributed by atoms with Crippen LogP contribution >= 0.6 is 0 Å². The number of hydrogen-bond acceptors (Lipinski definition) is 5. The Labute approximate surface area is 184 Å². The van der Waals surface area contributed by atoms with Gasteiger partial charge in [0, 0.05) is 5.56 Å². The second-order valence-electron chi connectivity index (χ2n) is 7.35. The third kappa shape index (κ3) is 3.41. The zero-order valence-electron chi connectivity index (χ0n) is 16.9. The minimum absolute atomic E-state index is 0.158. The number of nitrogens with two attached hydrogens (primary N) is 1. The van der Waals surface area contributed by atoms with Gasteiger partial charge in [-0.15, -0.1) is 4.59 Å². The Kier molecular flexibility index (Phi) is 4.74. The number of aromatic carboxylic acids is 1. The maximum Gasteiger partial charge on any atom is 0.335 e. The van der Waals surface area contributed by atoms with Gasteiger partial charge in [-0.2, -0.15) is 10.8 Å². The first-order chi connectivity index (χ1) is 15.5. The van der Waals surface area contributed by atoms with E-state index < -0.39 is 5.97 Å². The number of quaternary nitrogens is 1. The summed E-state index contributed by atoms with van der Waals surface area (Å²) >= 11 is 0. The fourth-order valence-corrected chi connectivity index (χ4v) is 3.69. The predicted octanol–water partition coefficient (Wildman–Crippen LogP) is 4.55. The average Bonchev–Trinajstić information content (AvgIpc) is 3.13. The lowest BCUT2D eigenvalue weighted by Crippen LogP contribution is -2.53. The molecule has 156 valence electrons. The van der Waals surface area contributed by atoms with E-state index in [0.717, 1.165) is 11.3 Å². The molecule has 32 heavy (non-hydrogen) atoms. The molecule has 3 aromatic rings. The van der Waals surface area contributed by atoms with Crippen LogP contribution in [0.1, 0.15) is 21.5 Å². The molecular weight excluding hydrogens is 404 g/mol. The zero-order valence-corrected chi connectivity index (χ0v) is 16.9. The summed E-state index contributed by atoms with van der Waals surface area (Å²) in [7, 11) is 0. The van der Waals surface area contributed by atoms with E-state index in [0.29, 0.717) is 28.5 Å². The van der Waals surface area contributed by atoms with E-state index in [4.69, 9.17) is 15.6 Å². The summed E-state index contributed by atoms with van der Waals surface area (Å²) in [6.45, 7) is 0. The van der Waals surface area contributed by atoms with E-state index in [2.05, 4.69) is 4.99 Å². The van der Waals surface area contributed by atoms with Gasteiger partial charge in [-0.05, 0) is 48.5 Å². The van der Waals surface area contributed by atoms with Gasteiger partial charge in [0.2, 0.25) is 5.70 Å². The Morgan fingerprint density at radius 1 is 0.906 bits per heavy atom. The van der Waals surface area contributed by atoms with E-state index in [1.54, 1.807) is 36.8 Å². The average molecular weight is 423 g/mol. The van der Waals surface area contributed by atoms with Crippen molar-refractivity contribution in [1.82, 2.24) is 0 Å². The molecule has 1 unspecified atom stereocenters. The largest absolute Gasteiger partial charge is 0.478 e. The monoisotopic (exact) mass is 423 g/mol. The van der Waals surface area contributed by atoms with Crippen molar-refractivity contribution in [2.24, 2.45) is 15.8 Å². The van der Waals surface area contributed by atoms with Crippen molar-refractivity contribution in [2.75, 3.05) is 0 Å². The fourth-order valence-electron chi connectivity index (χ4n) is 3.69. The number of ether oxygens (including phenoxy) is 1. The first kappa shape index (κ1) is 19.6. The molecular formula is C25H19N4O3+. The van der Waals surface area contributed by atoms with E-state index in [9.17, 15) is 9.90 Å². The molecule has 5 rings (SSSR count). The first-order valence-electron chi connectivity index (χ1n) is 9.94. The maximum atomic E-state index is 11.4. The van der Waals surface area contributed by atoms with E-state index in [-0.39, 0.29) is 10.2 Å². The lowest BCUT2D eigenvalue weighted by atomic mass is 10.1. The fraction of sp³-hybridized carbons (Fsp3) is 0. The molecule has 2 aliphatic heterocycles. The number of hydrogen-bond donors (Lipinski definition) is 2. The van der Waals surface area contributed by atoms with Gasteiger partial charge in [-0.1, -0.05) is 30.3 Å². The van der Waals surface area contributed by atoms with Crippen molar-refractivity contribution >= 4 is 23.7 Å². The van der Waals surface area contributed by atoms with Crippen LogP contribution in [0.15, 0.2) is 107 Å². The van der Waals surface area contributed by atoms with E-state index in [1.807, 2.05) is 60.7 Å². The standard InChI is InChI=1S/C25H18N4O3/c26-29-14-13-27-16-22(29)23(18-5-4-6-19(15-18)25(30)31)28-24(29)17-9-11-21(12-10-17)32-20-7-2-1-3-8-20/h1-16H,26H2/p+1. The number of carbonyl (C=O) groups is 1. The van der Waals surface area contributed by atoms with Crippen LogP contribution < -0.4 is 10.6 Å². The molecule has 2 aliphatic rings. The lowest BCUT2D eigenvalue weighted by molar-refractivity contribution is -0.749. The third-order valence-corrected chi connectivity index (χ3v) is 5.27. The predicted molar refractivity (Wildman–Crippen MR) is 122 cm³/mol. The molecule has 0 aliphatic carbocycles. The van der Waals surface area contributed by atoms with Crippen LogP contribution in [0, 0.1) is 0 Å². The number of aliphatic imine (C=N–C) groups is 2. The van der Waals surface area contributed by atoms with Gasteiger partial charge < -0.3 is 9.84 Å². The summed E-state index contributed by atoms with van der Waals surface area (Å²) in [6, 6.07) is 23.7. The summed E-state index contributed by atoms with van der Waals surface area (Å²) < 4.78 is 5.72. The van der Waals surface area contributed by atoms with Crippen molar-refractivity contribution in [1.29, 1.82) is 0 Å². The Balaban J connectivity index is 1.52. The third-order valence-electron chi connectivity index (χ3n) is 5.27. The zero-order chi connectivity index (χ0) is 22.1. The van der Waals surface area contributed by atoms with Gasteiger partial charge in [-0.25, -0.2) is 4.79 Å². The highest BCUT2D eigenvalue weighted by Gasteiger charge is 2.44. The van der Waals surface area contributed by atoms with Crippen molar-refractivity contribution in [3.8, 4) is 11.5 Å². The minimum Gasteiger partial charge on any atom is -0.478 e. The highest BCUT2D eigenvalue weighted by molar-refractivity contribution is 6.07. The Morgan fingerprint density at radius 3 is 2.41 bits per heavy atom. The molecule has 1 atom stereocenters. The van der Waals surface area contributed by atoms with Crippen LogP contribution in [-0.2, 0) is 0 Å². The van der Waals surface area contributed by atoms with Crippen LogP contribution in [0.3, 0.4) is 0 Å². The SMILES string of the molecule is N[N+]12C=CN=CC1=C(c1cccc(C(=O)O)c1)N=C2c1ccc(Oc2ccccc2)cc1. The molecule has 0 saturated heterocycles. The Morgan fingerprint density at radius 2 is 1.66 bits per heavy atom. The van der Waals surface area contributed by atoms with Crippen LogP contribution in [0.4, 0.5) is 0 Å². The maximum absolute atomic E-state index is 11.4. The smallest absolute Gasteiger partial charge is 0.335 e. The van der Waals surface area contributed by atoms with Crippen molar-refractivity contribution in [3.63, 3.8) is 0 Å². The molecule has 0 spiro atoms. The normalized spacial score (nSPS) is 19.0. The van der Waals surface area contributed by atoms with Gasteiger partial charge in [0.25, 0.3) is 5.84 Å². The highest BCUT2D eigenvalue weighted by Crippen LogP contribution is 2.36. The second kappa shape index (κ2) is 7.73. The quantitative estimate of drug-likeness (QED) is 0.465. The molecule has 3 aromatic carbocycles. The molecule has 2 heterocycles. The van der Waals surface area contributed by atoms with Crippen LogP contribution in [-0.4, -0.2) is 27.7 Å². The number of amidine groups is 1. The van der Waals surface area contributed by atoms with Gasteiger partial charge in [0.15, 0.2) is 0 Å². The van der Waals surface area contributed by atoms with Crippen LogP contribution in [0.5, 0.6) is 11.5 Å². The molecule has 7 heteroatoms. The van der Waals surface area contributed by atoms with Gasteiger partial charge in [-0.3, -0.25) is 4.99 Å². The lowest BCUT2D eigenvalue weighted by Gasteiger charge is -2.26. The molecule has 0 bridgehead atoms. The highest BCUT2D eigenvalue weighted by atomic mass is 16.5. The number of para-hydroxylation sites is 1. The van der Waals surface area contributed by atoms with Gasteiger partial charge in [0.1, 0.15) is 23.4 Å². The molecule has 0 saturated carbocycles. The summed E-state index contributed by atoms with van der Waals surface area (Å²) in [4.78, 5) is 20.5. The van der Waals surface area contributed by atoms with Gasteiger partial charge >= 0.3 is 5.97 Å². The van der Waals surface area contributed by atoms with Gasteiger partial charge in [0.05, 0.1) is 23.5 Å². The second-order valence-corrected chi connectivity index (χ2v) is 7.35. The van der Waals surface area contributed by atoms with E-state index in [1.165, 1.54) is 0 Å². The van der Waals surface area contributed by atoms with Crippen molar-refractivity contribution in [2.45, 2.75) is 0 Å². The summed E-state index contributed by atoms with van der Waals surface area (Å²) in [5.41, 5.74) is 2.90. The number of benzene rings is 3. The number of rotatable bonds is 5. The number of carboxylic acids is 1. The molecule has 7 nitrogen and oxygen atoms in total. The van der Waals surface area contributed by atoms with Crippen LogP contribution in [0.2, 0.25) is 0 Å². The summed E-state index contributed by atoms with van der Waals surface area (Å²) in [5, 5.41) is 9.37. The Hall–Kier alpha value is -4.33. The van der Waals surface area contributed by atoms with Crippen LogP contribution in [0.25, 0.3) is 5.70 Å².